The summed E-state index contributed by atoms with van der Waals surface area (Å²) in [6, 6.07) is 1.84. The lowest BCUT2D eigenvalue weighted by molar-refractivity contribution is 0.621. The van der Waals surface area contributed by atoms with E-state index >= 15 is 0 Å². The van der Waals surface area contributed by atoms with Gasteiger partial charge in [-0.1, -0.05) is 0 Å². The summed E-state index contributed by atoms with van der Waals surface area (Å²) in [6.45, 7) is 0. The second kappa shape index (κ2) is 1.88. The molecule has 2 rings (SSSR count). The van der Waals surface area contributed by atoms with Crippen molar-refractivity contribution in [2.45, 2.75) is 0 Å². The van der Waals surface area contributed by atoms with Crippen LogP contribution in [0, 0.1) is 0 Å². The van der Waals surface area contributed by atoms with Gasteiger partial charge in [-0.2, -0.15) is 4.79 Å². The summed E-state index contributed by atoms with van der Waals surface area (Å²) in [7, 11) is 1.79. The van der Waals surface area contributed by atoms with Crippen molar-refractivity contribution in [3.63, 3.8) is 0 Å². The zero-order valence-corrected chi connectivity index (χ0v) is 6.02. The second-order valence-corrected chi connectivity index (χ2v) is 2.13. The van der Waals surface area contributed by atoms with Gasteiger partial charge < -0.3 is 11.2 Å². The van der Waals surface area contributed by atoms with Gasteiger partial charge in [-0.3, -0.25) is 0 Å². The molecular formula is C5H8N6. The number of nitrogen functional groups attached to an aromatic ring is 1. The van der Waals surface area contributed by atoms with E-state index in [0.717, 1.165) is 5.52 Å². The standard InChI is InChI=1S/C5H8N6/c1-7-10-3-2-4-5(6)8-9-11(4)10/h2-3,7H,6H2,1H3. The van der Waals surface area contributed by atoms with Gasteiger partial charge >= 0.3 is 0 Å². The molecule has 0 aliphatic carbocycles. The van der Waals surface area contributed by atoms with Crippen molar-refractivity contribution >= 4 is 11.3 Å². The molecular weight excluding hydrogens is 144 g/mol. The van der Waals surface area contributed by atoms with Gasteiger partial charge in [0.1, 0.15) is 5.52 Å². The predicted molar refractivity (Wildman–Crippen MR) is 40.7 cm³/mol. The Kier molecular flexibility index (Phi) is 1.03. The van der Waals surface area contributed by atoms with Crippen molar-refractivity contribution in [1.82, 2.24) is 19.7 Å². The fourth-order valence-electron chi connectivity index (χ4n) is 0.977. The van der Waals surface area contributed by atoms with Gasteiger partial charge in [-0.25, -0.2) is 0 Å². The Morgan fingerprint density at radius 3 is 3.18 bits per heavy atom. The van der Waals surface area contributed by atoms with Gasteiger partial charge in [0.2, 0.25) is 0 Å². The molecule has 0 atom stereocenters. The number of hydrogen-bond donors (Lipinski definition) is 2. The van der Waals surface area contributed by atoms with E-state index in [1.165, 1.54) is 0 Å². The SMILES string of the molecule is CNn1ccc2c(N)nnn21. The Labute approximate surface area is 62.5 Å². The van der Waals surface area contributed by atoms with Gasteiger partial charge in [0, 0.05) is 13.2 Å². The van der Waals surface area contributed by atoms with E-state index in [-0.39, 0.29) is 0 Å². The molecule has 0 unspecified atom stereocenters. The Morgan fingerprint density at radius 1 is 1.64 bits per heavy atom. The highest BCUT2D eigenvalue weighted by Gasteiger charge is 2.03. The van der Waals surface area contributed by atoms with Gasteiger partial charge in [0.15, 0.2) is 5.82 Å². The number of nitrogens with zero attached hydrogens (tertiary/aromatic N) is 4. The second-order valence-electron chi connectivity index (χ2n) is 2.13. The number of rotatable bonds is 1. The number of anilines is 1. The van der Waals surface area contributed by atoms with Crippen LogP contribution in [-0.4, -0.2) is 26.8 Å². The minimum absolute atomic E-state index is 0.444. The average molecular weight is 152 g/mol. The molecule has 0 aliphatic rings. The van der Waals surface area contributed by atoms with Crippen molar-refractivity contribution in [2.75, 3.05) is 18.2 Å². The maximum Gasteiger partial charge on any atom is 0.175 e. The van der Waals surface area contributed by atoms with Gasteiger partial charge in [0.05, 0.1) is 0 Å². The molecule has 58 valence electrons. The summed E-state index contributed by atoms with van der Waals surface area (Å²) < 4.78 is 1.58. The molecule has 2 heterocycles. The van der Waals surface area contributed by atoms with Gasteiger partial charge in [0.25, 0.3) is 0 Å². The van der Waals surface area contributed by atoms with E-state index in [1.807, 2.05) is 12.3 Å². The molecule has 6 heteroatoms. The van der Waals surface area contributed by atoms with Crippen LogP contribution in [0.2, 0.25) is 0 Å². The normalized spacial score (nSPS) is 10.6. The van der Waals surface area contributed by atoms with Crippen LogP contribution in [0.15, 0.2) is 12.3 Å². The quantitative estimate of drug-likeness (QED) is 0.566. The molecule has 0 amide bonds. The van der Waals surface area contributed by atoms with Crippen LogP contribution in [0.5, 0.6) is 0 Å². The van der Waals surface area contributed by atoms with Gasteiger partial charge in [-0.15, -0.1) is 9.73 Å². The minimum Gasteiger partial charge on any atom is -0.380 e. The minimum atomic E-state index is 0.444. The lowest BCUT2D eigenvalue weighted by Crippen LogP contribution is -2.14. The summed E-state index contributed by atoms with van der Waals surface area (Å²) in [6.07, 6.45) is 1.82. The first kappa shape index (κ1) is 6.02. The molecule has 0 fully saturated rings. The Bertz CT molecular complexity index is 371. The first-order valence-corrected chi connectivity index (χ1v) is 3.19. The molecule has 6 nitrogen and oxygen atoms in total. The average Bonchev–Trinajstić information content (AvgIpc) is 2.53. The molecule has 0 aliphatic heterocycles. The van der Waals surface area contributed by atoms with Crippen molar-refractivity contribution in [1.29, 1.82) is 0 Å². The number of nitrogens with one attached hydrogen (secondary N) is 1. The third-order valence-electron chi connectivity index (χ3n) is 1.52. The van der Waals surface area contributed by atoms with Crippen LogP contribution in [0.1, 0.15) is 0 Å². The highest BCUT2D eigenvalue weighted by molar-refractivity contribution is 5.63. The number of fused-ring (bicyclic) bond motifs is 1. The van der Waals surface area contributed by atoms with E-state index < -0.39 is 0 Å². The van der Waals surface area contributed by atoms with E-state index in [9.17, 15) is 0 Å². The maximum atomic E-state index is 5.51. The predicted octanol–water partition coefficient (Wildman–Crippen LogP) is -0.714. The third kappa shape index (κ3) is 0.658. The molecule has 0 bridgehead atoms. The van der Waals surface area contributed by atoms with Crippen LogP contribution in [0.4, 0.5) is 5.82 Å². The Balaban J connectivity index is 2.77. The van der Waals surface area contributed by atoms with E-state index in [4.69, 9.17) is 5.73 Å². The summed E-state index contributed by atoms with van der Waals surface area (Å²) >= 11 is 0. The smallest absolute Gasteiger partial charge is 0.175 e. The first-order chi connectivity index (χ1) is 5.33. The van der Waals surface area contributed by atoms with Crippen molar-refractivity contribution < 1.29 is 0 Å². The summed E-state index contributed by atoms with van der Waals surface area (Å²) in [5, 5.41) is 7.49. The van der Waals surface area contributed by atoms with Crippen molar-refractivity contribution in [3.8, 4) is 0 Å². The molecule has 0 saturated heterocycles. The maximum absolute atomic E-state index is 5.51. The zero-order chi connectivity index (χ0) is 7.84. The molecule has 2 aromatic heterocycles. The van der Waals surface area contributed by atoms with Gasteiger partial charge in [-0.05, 0) is 11.3 Å². The molecule has 3 N–H and O–H groups in total. The fourth-order valence-corrected chi connectivity index (χ4v) is 0.977. The van der Waals surface area contributed by atoms with E-state index in [1.54, 1.807) is 16.5 Å². The zero-order valence-electron chi connectivity index (χ0n) is 6.02. The topological polar surface area (TPSA) is 73.2 Å². The first-order valence-electron chi connectivity index (χ1n) is 3.19. The molecule has 0 radical (unpaired) electrons. The molecule has 0 saturated carbocycles. The van der Waals surface area contributed by atoms with E-state index in [2.05, 4.69) is 15.7 Å². The van der Waals surface area contributed by atoms with Crippen LogP contribution >= 0.6 is 0 Å². The Morgan fingerprint density at radius 2 is 2.45 bits per heavy atom. The highest BCUT2D eigenvalue weighted by Crippen LogP contribution is 2.07. The Hall–Kier alpha value is -1.72. The monoisotopic (exact) mass is 152 g/mol. The lowest BCUT2D eigenvalue weighted by Gasteiger charge is -1.98. The molecule has 2 aromatic rings. The van der Waals surface area contributed by atoms with Crippen LogP contribution in [0.25, 0.3) is 5.52 Å². The number of nitrogens with two attached hydrogens (primary N) is 1. The van der Waals surface area contributed by atoms with Crippen LogP contribution < -0.4 is 11.2 Å². The number of hydrogen-bond acceptors (Lipinski definition) is 4. The van der Waals surface area contributed by atoms with Crippen molar-refractivity contribution in [3.05, 3.63) is 12.3 Å². The van der Waals surface area contributed by atoms with Crippen LogP contribution in [-0.2, 0) is 0 Å². The van der Waals surface area contributed by atoms with E-state index in [0.29, 0.717) is 5.82 Å². The molecule has 0 aromatic carbocycles. The lowest BCUT2D eigenvalue weighted by atomic mass is 10.5. The fraction of sp³-hybridized carbons (Fsp3) is 0.200. The molecule has 11 heavy (non-hydrogen) atoms. The summed E-state index contributed by atoms with van der Waals surface area (Å²) in [5.41, 5.74) is 9.20. The third-order valence-corrected chi connectivity index (χ3v) is 1.52. The van der Waals surface area contributed by atoms with Crippen molar-refractivity contribution in [2.24, 2.45) is 0 Å². The molecule has 0 spiro atoms. The summed E-state index contributed by atoms with van der Waals surface area (Å²) in [4.78, 5) is 1.68. The summed E-state index contributed by atoms with van der Waals surface area (Å²) in [5.74, 6) is 0.444. The van der Waals surface area contributed by atoms with Crippen LogP contribution in [0.3, 0.4) is 0 Å². The number of aromatic nitrogens is 4. The highest BCUT2D eigenvalue weighted by atomic mass is 15.7. The largest absolute Gasteiger partial charge is 0.380 e.